The van der Waals surface area contributed by atoms with Gasteiger partial charge in [0.05, 0.1) is 18.8 Å². The summed E-state index contributed by atoms with van der Waals surface area (Å²) in [7, 11) is 0. The summed E-state index contributed by atoms with van der Waals surface area (Å²) in [5, 5.41) is 0. The molecule has 0 bridgehead atoms. The summed E-state index contributed by atoms with van der Waals surface area (Å²) in [5.41, 5.74) is 1.42. The van der Waals surface area contributed by atoms with E-state index in [2.05, 4.69) is 6.58 Å². The number of hydrogen-bond acceptors (Lipinski definition) is 4. The van der Waals surface area contributed by atoms with E-state index in [9.17, 15) is 9.59 Å². The highest BCUT2D eigenvalue weighted by Crippen LogP contribution is 2.06. The Morgan fingerprint density at radius 1 is 0.958 bits per heavy atom. The predicted molar refractivity (Wildman–Crippen MR) is 91.2 cm³/mol. The zero-order valence-corrected chi connectivity index (χ0v) is 13.2. The Labute approximate surface area is 141 Å². The molecule has 24 heavy (non-hydrogen) atoms. The van der Waals surface area contributed by atoms with Crippen molar-refractivity contribution >= 4 is 11.8 Å². The van der Waals surface area contributed by atoms with Crippen molar-refractivity contribution in [2.24, 2.45) is 0 Å². The molecule has 122 valence electrons. The molecule has 0 aliphatic heterocycles. The van der Waals surface area contributed by atoms with Gasteiger partial charge in [-0.15, -0.1) is 0 Å². The predicted octanol–water partition coefficient (Wildman–Crippen LogP) is 3.70. The van der Waals surface area contributed by atoms with Gasteiger partial charge in [0.1, 0.15) is 0 Å². The maximum atomic E-state index is 11.8. The number of carbonyl (C=O) groups is 2. The SMILES string of the molecule is C=C(OC(=O)c1ccccc1)C(=O)/C=C/COCc1ccccc1. The molecule has 0 radical (unpaired) electrons. The van der Waals surface area contributed by atoms with Crippen LogP contribution in [0.4, 0.5) is 0 Å². The van der Waals surface area contributed by atoms with Gasteiger partial charge in [0.25, 0.3) is 0 Å². The summed E-state index contributed by atoms with van der Waals surface area (Å²) in [5.74, 6) is -1.30. The van der Waals surface area contributed by atoms with Crippen molar-refractivity contribution in [2.75, 3.05) is 6.61 Å². The van der Waals surface area contributed by atoms with E-state index in [0.717, 1.165) is 5.56 Å². The molecule has 0 amide bonds. The highest BCUT2D eigenvalue weighted by molar-refractivity contribution is 6.04. The minimum Gasteiger partial charge on any atom is -0.419 e. The summed E-state index contributed by atoms with van der Waals surface area (Å²) in [4.78, 5) is 23.6. The molecular formula is C20H18O4. The van der Waals surface area contributed by atoms with E-state index in [-0.39, 0.29) is 12.4 Å². The highest BCUT2D eigenvalue weighted by Gasteiger charge is 2.12. The standard InChI is InChI=1S/C20H18O4/c1-16(24-20(22)18-11-6-3-7-12-18)19(21)13-8-14-23-15-17-9-4-2-5-10-17/h2-13H,1,14-15H2/b13-8+. The van der Waals surface area contributed by atoms with E-state index >= 15 is 0 Å². The lowest BCUT2D eigenvalue weighted by Gasteiger charge is -2.04. The smallest absolute Gasteiger partial charge is 0.343 e. The number of ether oxygens (including phenoxy) is 2. The fraction of sp³-hybridized carbons (Fsp3) is 0.100. The quantitative estimate of drug-likeness (QED) is 0.322. The van der Waals surface area contributed by atoms with Gasteiger partial charge in [0.15, 0.2) is 5.76 Å². The molecule has 0 aliphatic carbocycles. The second kappa shape index (κ2) is 9.22. The van der Waals surface area contributed by atoms with Crippen LogP contribution in [0.15, 0.2) is 85.2 Å². The van der Waals surface area contributed by atoms with E-state index in [1.807, 2.05) is 30.3 Å². The number of benzene rings is 2. The van der Waals surface area contributed by atoms with Crippen molar-refractivity contribution in [3.8, 4) is 0 Å². The van der Waals surface area contributed by atoms with Crippen LogP contribution in [0.2, 0.25) is 0 Å². The number of carbonyl (C=O) groups excluding carboxylic acids is 2. The van der Waals surface area contributed by atoms with Crippen molar-refractivity contribution in [2.45, 2.75) is 6.61 Å². The van der Waals surface area contributed by atoms with Gasteiger partial charge >= 0.3 is 5.97 Å². The number of ketones is 1. The van der Waals surface area contributed by atoms with Crippen LogP contribution in [0.3, 0.4) is 0 Å². The van der Waals surface area contributed by atoms with Crippen LogP contribution in [0, 0.1) is 0 Å². The van der Waals surface area contributed by atoms with Crippen LogP contribution in [-0.4, -0.2) is 18.4 Å². The number of allylic oxidation sites excluding steroid dienone is 1. The molecule has 0 heterocycles. The first-order valence-corrected chi connectivity index (χ1v) is 7.45. The van der Waals surface area contributed by atoms with E-state index in [4.69, 9.17) is 9.47 Å². The van der Waals surface area contributed by atoms with Gasteiger partial charge < -0.3 is 9.47 Å². The molecule has 2 aromatic carbocycles. The first kappa shape index (κ1) is 17.4. The Kier molecular flexibility index (Phi) is 6.68. The van der Waals surface area contributed by atoms with Crippen molar-refractivity contribution in [1.82, 2.24) is 0 Å². The summed E-state index contributed by atoms with van der Waals surface area (Å²) >= 11 is 0. The zero-order valence-electron chi connectivity index (χ0n) is 13.2. The Hall–Kier alpha value is -2.98. The normalized spacial score (nSPS) is 10.5. The highest BCUT2D eigenvalue weighted by atomic mass is 16.5. The van der Waals surface area contributed by atoms with E-state index in [0.29, 0.717) is 12.2 Å². The zero-order chi connectivity index (χ0) is 17.2. The molecule has 2 aromatic rings. The largest absolute Gasteiger partial charge is 0.419 e. The van der Waals surface area contributed by atoms with E-state index in [1.165, 1.54) is 6.08 Å². The summed E-state index contributed by atoms with van der Waals surface area (Å²) in [6.07, 6.45) is 2.85. The minimum atomic E-state index is -0.609. The molecular weight excluding hydrogens is 304 g/mol. The molecule has 0 aromatic heterocycles. The van der Waals surface area contributed by atoms with Crippen LogP contribution >= 0.6 is 0 Å². The molecule has 0 unspecified atom stereocenters. The van der Waals surface area contributed by atoms with E-state index in [1.54, 1.807) is 36.4 Å². The molecule has 4 heteroatoms. The van der Waals surface area contributed by atoms with Gasteiger partial charge in [0.2, 0.25) is 5.78 Å². The van der Waals surface area contributed by atoms with Crippen molar-refractivity contribution in [1.29, 1.82) is 0 Å². The summed E-state index contributed by atoms with van der Waals surface area (Å²) < 4.78 is 10.4. The van der Waals surface area contributed by atoms with Crippen LogP contribution in [0.5, 0.6) is 0 Å². The second-order valence-corrected chi connectivity index (χ2v) is 4.95. The number of hydrogen-bond donors (Lipinski definition) is 0. The summed E-state index contributed by atoms with van der Waals surface area (Å²) in [6, 6.07) is 18.1. The third kappa shape index (κ3) is 5.66. The lowest BCUT2D eigenvalue weighted by atomic mass is 10.2. The Balaban J connectivity index is 1.73. The molecule has 2 rings (SSSR count). The first-order valence-electron chi connectivity index (χ1n) is 7.45. The van der Waals surface area contributed by atoms with Crippen molar-refractivity contribution in [3.63, 3.8) is 0 Å². The maximum absolute atomic E-state index is 11.8. The third-order valence-electron chi connectivity index (χ3n) is 3.10. The van der Waals surface area contributed by atoms with Crippen molar-refractivity contribution in [3.05, 3.63) is 96.3 Å². The maximum Gasteiger partial charge on any atom is 0.343 e. The molecule has 0 N–H and O–H groups in total. The van der Waals surface area contributed by atoms with E-state index < -0.39 is 11.8 Å². The van der Waals surface area contributed by atoms with Gasteiger partial charge in [-0.3, -0.25) is 4.79 Å². The fourth-order valence-electron chi connectivity index (χ4n) is 1.86. The van der Waals surface area contributed by atoms with Gasteiger partial charge in [-0.25, -0.2) is 4.79 Å². The van der Waals surface area contributed by atoms with Gasteiger partial charge in [-0.05, 0) is 23.8 Å². The van der Waals surface area contributed by atoms with Gasteiger partial charge in [-0.2, -0.15) is 0 Å². The summed E-state index contributed by atoms with van der Waals surface area (Å²) in [6.45, 7) is 4.22. The first-order chi connectivity index (χ1) is 11.7. The topological polar surface area (TPSA) is 52.6 Å². The molecule has 0 aliphatic rings. The lowest BCUT2D eigenvalue weighted by molar-refractivity contribution is -0.113. The fourth-order valence-corrected chi connectivity index (χ4v) is 1.86. The van der Waals surface area contributed by atoms with Crippen LogP contribution < -0.4 is 0 Å². The lowest BCUT2D eigenvalue weighted by Crippen LogP contribution is -2.09. The average molecular weight is 322 g/mol. The number of esters is 1. The Bertz CT molecular complexity index is 718. The Morgan fingerprint density at radius 3 is 2.25 bits per heavy atom. The van der Waals surface area contributed by atoms with Crippen LogP contribution in [0.25, 0.3) is 0 Å². The van der Waals surface area contributed by atoms with Gasteiger partial charge in [0, 0.05) is 0 Å². The van der Waals surface area contributed by atoms with Gasteiger partial charge in [-0.1, -0.05) is 61.2 Å². The monoisotopic (exact) mass is 322 g/mol. The minimum absolute atomic E-state index is 0.219. The molecule has 0 saturated heterocycles. The molecule has 0 saturated carbocycles. The molecule has 0 spiro atoms. The molecule has 0 fully saturated rings. The Morgan fingerprint density at radius 2 is 1.58 bits per heavy atom. The molecule has 0 atom stereocenters. The number of rotatable bonds is 8. The second-order valence-electron chi connectivity index (χ2n) is 4.95. The third-order valence-corrected chi connectivity index (χ3v) is 3.10. The van der Waals surface area contributed by atoms with Crippen molar-refractivity contribution < 1.29 is 19.1 Å². The van der Waals surface area contributed by atoms with Crippen LogP contribution in [-0.2, 0) is 20.9 Å². The molecule has 4 nitrogen and oxygen atoms in total. The average Bonchev–Trinajstić information content (AvgIpc) is 2.62. The van der Waals surface area contributed by atoms with Crippen LogP contribution in [0.1, 0.15) is 15.9 Å².